The van der Waals surface area contributed by atoms with Crippen LogP contribution < -0.4 is 20.7 Å². The average Bonchev–Trinajstić information content (AvgIpc) is 3.29. The van der Waals surface area contributed by atoms with Crippen LogP contribution in [-0.2, 0) is 29.7 Å². The molecule has 0 aliphatic carbocycles. The highest BCUT2D eigenvalue weighted by Gasteiger charge is 2.42. The molecular weight excluding hydrogens is 865 g/mol. The van der Waals surface area contributed by atoms with Crippen molar-refractivity contribution in [3.63, 3.8) is 0 Å². The first kappa shape index (κ1) is 44.1. The molecule has 64 heavy (non-hydrogen) atoms. The zero-order valence-corrected chi connectivity index (χ0v) is 36.3. The summed E-state index contributed by atoms with van der Waals surface area (Å²) < 4.78 is 90.6. The van der Waals surface area contributed by atoms with E-state index in [-0.39, 0.29) is 81.2 Å². The Morgan fingerprint density at radius 2 is 1.09 bits per heavy atom. The summed E-state index contributed by atoms with van der Waals surface area (Å²) in [4.78, 5) is -2.27. The summed E-state index contributed by atoms with van der Waals surface area (Å²) >= 11 is 0. The Hall–Kier alpha value is -6.50. The average molecular weight is 909 g/mol. The number of morpholine rings is 2. The Kier molecular flexibility index (Phi) is 13.2. The van der Waals surface area contributed by atoms with Gasteiger partial charge in [0.1, 0.15) is 26.9 Å². The molecule has 0 amide bonds. The minimum atomic E-state index is -5.64. The molecule has 0 radical (unpaired) electrons. The van der Waals surface area contributed by atoms with Gasteiger partial charge in [-0.3, -0.25) is 14.1 Å². The van der Waals surface area contributed by atoms with Crippen LogP contribution in [0.15, 0.2) is 107 Å². The van der Waals surface area contributed by atoms with Gasteiger partial charge in [0.25, 0.3) is 20.2 Å². The van der Waals surface area contributed by atoms with Gasteiger partial charge in [0.15, 0.2) is 11.6 Å². The highest BCUT2D eigenvalue weighted by molar-refractivity contribution is 7.89. The minimum Gasteiger partial charge on any atom is -0.379 e. The maximum Gasteiger partial charge on any atom is 0.298 e. The van der Waals surface area contributed by atoms with Gasteiger partial charge in [0.2, 0.25) is 0 Å². The number of hydrogen-bond acceptors (Lipinski definition) is 18. The fraction of sp³-hybridized carbons (Fsp3) is 0.238. The fourth-order valence-electron chi connectivity index (χ4n) is 7.27. The fourth-order valence-corrected chi connectivity index (χ4v) is 9.45. The third-order valence-corrected chi connectivity index (χ3v) is 12.3. The standard InChI is InChI=1S/C42H44N12O8S2/c1-29-8-14-33(15-9-29)45-35-27-43-49-47-41(35)53(51-18-22-61-23-19-51)37-26-32(13-12-31-6-4-3-5-7-31)39(63(55,56)57)40(64(58,59)60)38(37)54(52-20-24-62-25-21-52)42-36(28-44-50-48-42)46-34-16-10-30(2)11-17-34/h3-17,26-28H,18-25H2,1-2H3,(H,45,49)(H,46,50)(H,55,56,57)(H,58,59,60). The molecule has 2 aliphatic heterocycles. The molecule has 8 rings (SSSR count). The van der Waals surface area contributed by atoms with E-state index in [2.05, 4.69) is 41.5 Å². The Labute approximate surface area is 369 Å². The molecule has 0 unspecified atom stereocenters. The van der Waals surface area contributed by atoms with Gasteiger partial charge in [-0.25, -0.2) is 15.0 Å². The Morgan fingerprint density at radius 3 is 1.58 bits per heavy atom. The van der Waals surface area contributed by atoms with Crippen molar-refractivity contribution in [3.05, 3.63) is 120 Å². The lowest BCUT2D eigenvalue weighted by molar-refractivity contribution is 0.0353. The summed E-state index contributed by atoms with van der Waals surface area (Å²) in [5.74, 6) is 0.0385. The van der Waals surface area contributed by atoms with Crippen LogP contribution in [0.1, 0.15) is 22.3 Å². The SMILES string of the molecule is Cc1ccc(Nc2cnnnc2N(c2cc(C=Cc3ccccc3)c(S(=O)(=O)O)c(S(=O)(=O)O)c2N(c2nnncc2Nc2ccc(C)cc2)N2CCOCC2)N2CCOCC2)cc1. The normalized spacial score (nSPS) is 15.2. The molecule has 22 heteroatoms. The molecule has 0 spiro atoms. The molecule has 6 aromatic rings. The van der Waals surface area contributed by atoms with Crippen LogP contribution in [0.4, 0.5) is 45.8 Å². The van der Waals surface area contributed by atoms with Gasteiger partial charge in [-0.05, 0) is 65.7 Å². The number of benzene rings is 4. The zero-order chi connectivity index (χ0) is 44.8. The number of rotatable bonds is 14. The monoisotopic (exact) mass is 908 g/mol. The Balaban J connectivity index is 1.50. The van der Waals surface area contributed by atoms with Crippen LogP contribution in [0.2, 0.25) is 0 Å². The molecule has 4 heterocycles. The molecule has 2 aliphatic rings. The maximum atomic E-state index is 14.3. The first-order valence-corrected chi connectivity index (χ1v) is 22.9. The van der Waals surface area contributed by atoms with Crippen LogP contribution >= 0.6 is 0 Å². The van der Waals surface area contributed by atoms with Gasteiger partial charge in [0.05, 0.1) is 44.5 Å². The van der Waals surface area contributed by atoms with Crippen LogP contribution in [0, 0.1) is 13.8 Å². The second-order valence-corrected chi connectivity index (χ2v) is 17.5. The summed E-state index contributed by atoms with van der Waals surface area (Å²) in [5.41, 5.74) is 3.61. The van der Waals surface area contributed by atoms with Crippen molar-refractivity contribution in [2.75, 3.05) is 73.3 Å². The largest absolute Gasteiger partial charge is 0.379 e. The van der Waals surface area contributed by atoms with Crippen molar-refractivity contribution < 1.29 is 35.4 Å². The van der Waals surface area contributed by atoms with Crippen molar-refractivity contribution >= 4 is 78.1 Å². The van der Waals surface area contributed by atoms with Crippen molar-refractivity contribution in [2.24, 2.45) is 0 Å². The molecule has 2 aromatic heterocycles. The van der Waals surface area contributed by atoms with E-state index in [9.17, 15) is 25.9 Å². The number of ether oxygens (including phenoxy) is 2. The van der Waals surface area contributed by atoms with E-state index >= 15 is 0 Å². The number of nitrogens with one attached hydrogen (secondary N) is 2. The second kappa shape index (κ2) is 19.1. The summed E-state index contributed by atoms with van der Waals surface area (Å²) in [5, 5.41) is 38.1. The van der Waals surface area contributed by atoms with E-state index in [1.54, 1.807) is 46.4 Å². The van der Waals surface area contributed by atoms with E-state index < -0.39 is 35.7 Å². The van der Waals surface area contributed by atoms with E-state index in [1.165, 1.54) is 29.5 Å². The number of hydrazine groups is 2. The van der Waals surface area contributed by atoms with Crippen molar-refractivity contribution in [1.82, 2.24) is 40.8 Å². The van der Waals surface area contributed by atoms with Crippen LogP contribution in [-0.4, -0.2) is 119 Å². The summed E-state index contributed by atoms with van der Waals surface area (Å²) in [6.45, 7) is 5.32. The Bertz CT molecular complexity index is 2850. The maximum absolute atomic E-state index is 14.3. The lowest BCUT2D eigenvalue weighted by Crippen LogP contribution is -2.50. The molecule has 332 valence electrons. The van der Waals surface area contributed by atoms with Crippen LogP contribution in [0.5, 0.6) is 0 Å². The van der Waals surface area contributed by atoms with Gasteiger partial charge in [-0.2, -0.15) is 16.8 Å². The van der Waals surface area contributed by atoms with Gasteiger partial charge >= 0.3 is 0 Å². The summed E-state index contributed by atoms with van der Waals surface area (Å²) in [6, 6.07) is 25.2. The molecule has 0 bridgehead atoms. The van der Waals surface area contributed by atoms with Crippen molar-refractivity contribution in [1.29, 1.82) is 0 Å². The molecular formula is C42H44N12O8S2. The third-order valence-electron chi connectivity index (χ3n) is 10.3. The van der Waals surface area contributed by atoms with Gasteiger partial charge < -0.3 is 20.1 Å². The van der Waals surface area contributed by atoms with Gasteiger partial charge in [0, 0.05) is 37.6 Å². The molecule has 0 atom stereocenters. The van der Waals surface area contributed by atoms with E-state index in [0.717, 1.165) is 11.1 Å². The number of aromatic nitrogens is 6. The number of anilines is 8. The smallest absolute Gasteiger partial charge is 0.298 e. The lowest BCUT2D eigenvalue weighted by atomic mass is 10.1. The molecule has 20 nitrogen and oxygen atoms in total. The van der Waals surface area contributed by atoms with Crippen molar-refractivity contribution in [3.8, 4) is 0 Å². The van der Waals surface area contributed by atoms with E-state index in [1.807, 2.05) is 67.4 Å². The quantitative estimate of drug-likeness (QED) is 0.0768. The predicted octanol–water partition coefficient (Wildman–Crippen LogP) is 5.60. The van der Waals surface area contributed by atoms with E-state index in [4.69, 9.17) is 9.47 Å². The molecule has 4 aromatic carbocycles. The van der Waals surface area contributed by atoms with Gasteiger partial charge in [-0.1, -0.05) is 77.9 Å². The zero-order valence-electron chi connectivity index (χ0n) is 34.7. The highest BCUT2D eigenvalue weighted by atomic mass is 32.2. The number of aryl methyl sites for hydroxylation is 2. The van der Waals surface area contributed by atoms with Crippen LogP contribution in [0.25, 0.3) is 12.2 Å². The Morgan fingerprint density at radius 1 is 0.625 bits per heavy atom. The van der Waals surface area contributed by atoms with E-state index in [0.29, 0.717) is 22.6 Å². The summed E-state index contributed by atoms with van der Waals surface area (Å²) in [6.07, 6.45) is 5.71. The summed E-state index contributed by atoms with van der Waals surface area (Å²) in [7, 11) is -11.1. The van der Waals surface area contributed by atoms with Crippen LogP contribution in [0.3, 0.4) is 0 Å². The topological polar surface area (TPSA) is 242 Å². The first-order valence-electron chi connectivity index (χ1n) is 20.0. The molecule has 2 fully saturated rings. The highest BCUT2D eigenvalue weighted by Crippen LogP contribution is 2.50. The minimum absolute atomic E-state index is 0.0477. The first-order chi connectivity index (χ1) is 30.8. The number of hydrogen-bond donors (Lipinski definition) is 4. The second-order valence-electron chi connectivity index (χ2n) is 14.8. The molecule has 4 N–H and O–H groups in total. The predicted molar refractivity (Wildman–Crippen MR) is 239 cm³/mol. The third kappa shape index (κ3) is 9.98. The number of nitrogens with zero attached hydrogens (tertiary/aromatic N) is 10. The molecule has 2 saturated heterocycles. The van der Waals surface area contributed by atoms with Crippen molar-refractivity contribution in [2.45, 2.75) is 23.6 Å². The van der Waals surface area contributed by atoms with Gasteiger partial charge in [-0.15, -0.1) is 20.4 Å². The lowest BCUT2D eigenvalue weighted by Gasteiger charge is -2.44. The molecule has 0 saturated carbocycles.